The van der Waals surface area contributed by atoms with Gasteiger partial charge >= 0.3 is 0 Å². The quantitative estimate of drug-likeness (QED) is 0.793. The van der Waals surface area contributed by atoms with Gasteiger partial charge in [-0.25, -0.2) is 9.97 Å². The molecule has 4 nitrogen and oxygen atoms in total. The summed E-state index contributed by atoms with van der Waals surface area (Å²) in [5, 5.41) is 12.3. The van der Waals surface area contributed by atoms with Crippen molar-refractivity contribution in [3.8, 4) is 0 Å². The van der Waals surface area contributed by atoms with E-state index in [1.54, 1.807) is 0 Å². The summed E-state index contributed by atoms with van der Waals surface area (Å²) in [6.45, 7) is 6.35. The number of hydrogen-bond donors (Lipinski definition) is 2. The molecular weight excluding hydrogens is 282 g/mol. The Labute approximate surface area is 111 Å². The molecule has 0 aliphatic heterocycles. The van der Waals surface area contributed by atoms with Crippen LogP contribution in [0.2, 0.25) is 0 Å². The van der Waals surface area contributed by atoms with E-state index in [2.05, 4.69) is 38.1 Å². The molecule has 2 N–H and O–H groups in total. The van der Waals surface area contributed by atoms with Gasteiger partial charge in [-0.3, -0.25) is 0 Å². The van der Waals surface area contributed by atoms with Crippen molar-refractivity contribution < 1.29 is 5.11 Å². The first-order valence-corrected chi connectivity index (χ1v) is 6.68. The van der Waals surface area contributed by atoms with E-state index >= 15 is 0 Å². The lowest BCUT2D eigenvalue weighted by Gasteiger charge is -2.26. The zero-order valence-electron chi connectivity index (χ0n) is 10.6. The van der Waals surface area contributed by atoms with Crippen LogP contribution < -0.4 is 5.32 Å². The van der Waals surface area contributed by atoms with Crippen molar-refractivity contribution in [2.24, 2.45) is 0 Å². The van der Waals surface area contributed by atoms with Gasteiger partial charge in [-0.15, -0.1) is 0 Å². The maximum Gasteiger partial charge on any atom is 0.132 e. The van der Waals surface area contributed by atoms with Crippen LogP contribution in [0.25, 0.3) is 0 Å². The molecule has 0 aliphatic rings. The molecule has 1 rings (SSSR count). The van der Waals surface area contributed by atoms with E-state index in [1.807, 2.05) is 19.9 Å². The predicted octanol–water partition coefficient (Wildman–Crippen LogP) is 2.76. The van der Waals surface area contributed by atoms with Gasteiger partial charge in [-0.05, 0) is 42.6 Å². The minimum Gasteiger partial charge on any atom is -0.396 e. The third kappa shape index (κ3) is 5.00. The number of nitrogens with zero attached hydrogens (tertiary/aromatic N) is 2. The van der Waals surface area contributed by atoms with Gasteiger partial charge in [-0.2, -0.15) is 0 Å². The molecule has 0 amide bonds. The topological polar surface area (TPSA) is 58.0 Å². The highest BCUT2D eigenvalue weighted by Gasteiger charge is 2.17. The monoisotopic (exact) mass is 301 g/mol. The second kappa shape index (κ2) is 6.31. The first kappa shape index (κ1) is 14.4. The van der Waals surface area contributed by atoms with Gasteiger partial charge in [0.2, 0.25) is 0 Å². The van der Waals surface area contributed by atoms with Crippen LogP contribution >= 0.6 is 15.9 Å². The summed E-state index contributed by atoms with van der Waals surface area (Å²) in [4.78, 5) is 8.77. The summed E-state index contributed by atoms with van der Waals surface area (Å²) < 4.78 is 0.790. The molecule has 17 heavy (non-hydrogen) atoms. The van der Waals surface area contributed by atoms with Gasteiger partial charge in [0.25, 0.3) is 0 Å². The van der Waals surface area contributed by atoms with Crippen molar-refractivity contribution in [2.75, 3.05) is 11.9 Å². The predicted molar refractivity (Wildman–Crippen MR) is 73.1 cm³/mol. The Hall–Kier alpha value is -0.680. The molecule has 0 bridgehead atoms. The first-order chi connectivity index (χ1) is 7.96. The molecule has 0 spiro atoms. The molecule has 0 unspecified atom stereocenters. The van der Waals surface area contributed by atoms with E-state index in [9.17, 15) is 0 Å². The largest absolute Gasteiger partial charge is 0.396 e. The molecule has 5 heteroatoms. The highest BCUT2D eigenvalue weighted by molar-refractivity contribution is 9.10. The number of anilines is 1. The molecule has 0 saturated carbocycles. The van der Waals surface area contributed by atoms with Crippen LogP contribution in [-0.2, 0) is 6.42 Å². The van der Waals surface area contributed by atoms with Gasteiger partial charge in [0.05, 0.1) is 0 Å². The van der Waals surface area contributed by atoms with Crippen molar-refractivity contribution in [1.29, 1.82) is 0 Å². The summed E-state index contributed by atoms with van der Waals surface area (Å²) in [6, 6.07) is 1.86. The summed E-state index contributed by atoms with van der Waals surface area (Å²) >= 11 is 3.39. The lowest BCUT2D eigenvalue weighted by molar-refractivity contribution is 0.260. The van der Waals surface area contributed by atoms with Crippen LogP contribution in [0.3, 0.4) is 0 Å². The molecule has 0 radical (unpaired) electrons. The number of hydrogen-bond acceptors (Lipinski definition) is 4. The summed E-state index contributed by atoms with van der Waals surface area (Å²) in [5.74, 6) is 1.64. The Morgan fingerprint density at radius 2 is 2.12 bits per heavy atom. The van der Waals surface area contributed by atoms with E-state index < -0.39 is 0 Å². The SMILES string of the molecule is CCCc1nc(Br)cc(NC(C)(C)CCO)n1. The molecule has 1 aromatic rings. The second-order valence-corrected chi connectivity index (χ2v) is 5.54. The zero-order valence-corrected chi connectivity index (χ0v) is 12.2. The Bertz CT molecular complexity index is 369. The van der Waals surface area contributed by atoms with E-state index in [-0.39, 0.29) is 12.1 Å². The van der Waals surface area contributed by atoms with Crippen molar-refractivity contribution in [1.82, 2.24) is 9.97 Å². The van der Waals surface area contributed by atoms with Gasteiger partial charge in [-0.1, -0.05) is 6.92 Å². The third-order valence-electron chi connectivity index (χ3n) is 2.42. The van der Waals surface area contributed by atoms with Crippen molar-refractivity contribution in [2.45, 2.75) is 45.6 Å². The van der Waals surface area contributed by atoms with E-state index in [4.69, 9.17) is 5.11 Å². The maximum absolute atomic E-state index is 8.99. The number of nitrogens with one attached hydrogen (secondary N) is 1. The lowest BCUT2D eigenvalue weighted by atomic mass is 10.0. The summed E-state index contributed by atoms with van der Waals surface area (Å²) in [7, 11) is 0. The zero-order chi connectivity index (χ0) is 12.9. The van der Waals surface area contributed by atoms with Crippen LogP contribution in [0.5, 0.6) is 0 Å². The first-order valence-electron chi connectivity index (χ1n) is 5.89. The second-order valence-electron chi connectivity index (χ2n) is 4.72. The van der Waals surface area contributed by atoms with Crippen molar-refractivity contribution in [3.63, 3.8) is 0 Å². The molecule has 0 atom stereocenters. The van der Waals surface area contributed by atoms with Crippen LogP contribution in [0.15, 0.2) is 10.7 Å². The molecule has 1 aromatic heterocycles. The molecule has 96 valence electrons. The molecule has 0 aromatic carbocycles. The minimum atomic E-state index is -0.175. The molecular formula is C12H20BrN3O. The maximum atomic E-state index is 8.99. The van der Waals surface area contributed by atoms with Crippen molar-refractivity contribution >= 4 is 21.7 Å². The van der Waals surface area contributed by atoms with E-state index in [0.29, 0.717) is 6.42 Å². The Kier molecular flexibility index (Phi) is 5.33. The average molecular weight is 302 g/mol. The van der Waals surface area contributed by atoms with Gasteiger partial charge in [0.15, 0.2) is 0 Å². The fourth-order valence-corrected chi connectivity index (χ4v) is 1.97. The number of aliphatic hydroxyl groups is 1. The normalized spacial score (nSPS) is 11.6. The smallest absolute Gasteiger partial charge is 0.132 e. The fourth-order valence-electron chi connectivity index (χ4n) is 1.55. The van der Waals surface area contributed by atoms with Crippen molar-refractivity contribution in [3.05, 3.63) is 16.5 Å². The molecule has 1 heterocycles. The third-order valence-corrected chi connectivity index (χ3v) is 2.82. The van der Waals surface area contributed by atoms with Crippen LogP contribution in [-0.4, -0.2) is 27.2 Å². The number of halogens is 1. The number of aryl methyl sites for hydroxylation is 1. The fraction of sp³-hybridized carbons (Fsp3) is 0.667. The Morgan fingerprint density at radius 3 is 2.71 bits per heavy atom. The van der Waals surface area contributed by atoms with Crippen LogP contribution in [0.1, 0.15) is 39.4 Å². The highest BCUT2D eigenvalue weighted by Crippen LogP contribution is 2.19. The standard InChI is InChI=1S/C12H20BrN3O/c1-4-5-10-14-9(13)8-11(15-10)16-12(2,3)6-7-17/h8,17H,4-7H2,1-3H3,(H,14,15,16). The minimum absolute atomic E-state index is 0.161. The summed E-state index contributed by atoms with van der Waals surface area (Å²) in [6.07, 6.45) is 2.57. The van der Waals surface area contributed by atoms with Crippen LogP contribution in [0.4, 0.5) is 5.82 Å². The van der Waals surface area contributed by atoms with Crippen LogP contribution in [0, 0.1) is 0 Å². The van der Waals surface area contributed by atoms with Gasteiger partial charge in [0.1, 0.15) is 16.2 Å². The van der Waals surface area contributed by atoms with Gasteiger partial charge < -0.3 is 10.4 Å². The number of aliphatic hydroxyl groups excluding tert-OH is 1. The molecule has 0 saturated heterocycles. The summed E-state index contributed by atoms with van der Waals surface area (Å²) in [5.41, 5.74) is -0.175. The number of aromatic nitrogens is 2. The Balaban J connectivity index is 2.83. The van der Waals surface area contributed by atoms with Gasteiger partial charge in [0, 0.05) is 24.6 Å². The Morgan fingerprint density at radius 1 is 1.41 bits per heavy atom. The molecule has 0 aliphatic carbocycles. The van der Waals surface area contributed by atoms with E-state index in [0.717, 1.165) is 29.1 Å². The average Bonchev–Trinajstić information content (AvgIpc) is 2.15. The number of rotatable bonds is 6. The lowest BCUT2D eigenvalue weighted by Crippen LogP contribution is -2.32. The molecule has 0 fully saturated rings. The highest BCUT2D eigenvalue weighted by atomic mass is 79.9. The van der Waals surface area contributed by atoms with E-state index in [1.165, 1.54) is 0 Å².